The number of ether oxygens (including phenoxy) is 1. The van der Waals surface area contributed by atoms with Crippen LogP contribution in [-0.4, -0.2) is 41.7 Å². The van der Waals surface area contributed by atoms with E-state index in [0.29, 0.717) is 25.1 Å². The average molecular weight is 263 g/mol. The van der Waals surface area contributed by atoms with Gasteiger partial charge in [0.2, 0.25) is 0 Å². The molecule has 0 saturated heterocycles. The van der Waals surface area contributed by atoms with Crippen molar-refractivity contribution in [1.29, 1.82) is 0 Å². The van der Waals surface area contributed by atoms with Gasteiger partial charge in [0.25, 0.3) is 0 Å². The zero-order valence-electron chi connectivity index (χ0n) is 11.5. The zero-order valence-corrected chi connectivity index (χ0v) is 11.5. The lowest BCUT2D eigenvalue weighted by Crippen LogP contribution is -2.36. The number of para-hydroxylation sites is 1. The third kappa shape index (κ3) is 3.47. The molecule has 4 heteroatoms. The monoisotopic (exact) mass is 263 g/mol. The third-order valence-electron chi connectivity index (χ3n) is 3.60. The molecule has 1 aromatic carbocycles. The predicted octanol–water partition coefficient (Wildman–Crippen LogP) is 2.35. The van der Waals surface area contributed by atoms with Gasteiger partial charge in [0, 0.05) is 30.6 Å². The topological polar surface area (TPSA) is 49.8 Å². The Morgan fingerprint density at radius 1 is 1.47 bits per heavy atom. The first kappa shape index (κ1) is 13.9. The van der Waals surface area contributed by atoms with E-state index >= 15 is 0 Å². The van der Waals surface area contributed by atoms with E-state index in [4.69, 9.17) is 9.84 Å². The van der Waals surface area contributed by atoms with E-state index in [-0.39, 0.29) is 6.42 Å². The quantitative estimate of drug-likeness (QED) is 0.856. The van der Waals surface area contributed by atoms with Gasteiger partial charge in [-0.1, -0.05) is 18.2 Å². The zero-order chi connectivity index (χ0) is 13.8. The number of rotatable bonds is 6. The number of hydrogen-bond acceptors (Lipinski definition) is 3. The number of carbonyl (C=O) groups is 1. The first-order valence-electron chi connectivity index (χ1n) is 6.75. The normalized spacial score (nSPS) is 17.6. The van der Waals surface area contributed by atoms with Gasteiger partial charge in [-0.05, 0) is 19.9 Å². The number of hydrogen-bond donors (Lipinski definition) is 1. The second-order valence-corrected chi connectivity index (χ2v) is 5.28. The summed E-state index contributed by atoms with van der Waals surface area (Å²) < 4.78 is 5.67. The molecule has 1 unspecified atom stereocenters. The minimum absolute atomic E-state index is 0.188. The van der Waals surface area contributed by atoms with Gasteiger partial charge in [-0.15, -0.1) is 0 Å². The van der Waals surface area contributed by atoms with Crippen LogP contribution in [0.25, 0.3) is 0 Å². The van der Waals surface area contributed by atoms with Crippen molar-refractivity contribution in [3.63, 3.8) is 0 Å². The van der Waals surface area contributed by atoms with Gasteiger partial charge in [0.1, 0.15) is 5.75 Å². The van der Waals surface area contributed by atoms with Crippen molar-refractivity contribution >= 4 is 5.97 Å². The molecule has 1 atom stereocenters. The van der Waals surface area contributed by atoms with E-state index in [1.165, 1.54) is 5.56 Å². The summed E-state index contributed by atoms with van der Waals surface area (Å²) >= 11 is 0. The third-order valence-corrected chi connectivity index (χ3v) is 3.60. The van der Waals surface area contributed by atoms with Gasteiger partial charge in [-0.2, -0.15) is 0 Å². The van der Waals surface area contributed by atoms with Crippen LogP contribution >= 0.6 is 0 Å². The SMILES string of the molecule is CC(C)N(CCC(=O)O)CC1COc2ccccc21. The summed E-state index contributed by atoms with van der Waals surface area (Å²) in [5.41, 5.74) is 1.24. The molecule has 0 amide bonds. The molecule has 1 aliphatic heterocycles. The van der Waals surface area contributed by atoms with Crippen LogP contribution in [0.4, 0.5) is 0 Å². The Labute approximate surface area is 114 Å². The van der Waals surface area contributed by atoms with Crippen molar-refractivity contribution in [2.45, 2.75) is 32.2 Å². The first-order valence-corrected chi connectivity index (χ1v) is 6.75. The Balaban J connectivity index is 2.00. The van der Waals surface area contributed by atoms with Gasteiger partial charge in [0.15, 0.2) is 0 Å². The van der Waals surface area contributed by atoms with E-state index in [1.807, 2.05) is 18.2 Å². The smallest absolute Gasteiger partial charge is 0.304 e. The Hall–Kier alpha value is -1.55. The molecule has 0 bridgehead atoms. The minimum Gasteiger partial charge on any atom is -0.493 e. The van der Waals surface area contributed by atoms with E-state index < -0.39 is 5.97 Å². The highest BCUT2D eigenvalue weighted by molar-refractivity contribution is 5.66. The fourth-order valence-electron chi connectivity index (χ4n) is 2.46. The van der Waals surface area contributed by atoms with Crippen LogP contribution in [0.3, 0.4) is 0 Å². The van der Waals surface area contributed by atoms with Crippen LogP contribution in [-0.2, 0) is 4.79 Å². The molecule has 1 aliphatic rings. The lowest BCUT2D eigenvalue weighted by Gasteiger charge is -2.28. The molecular formula is C15H21NO3. The van der Waals surface area contributed by atoms with Crippen molar-refractivity contribution < 1.29 is 14.6 Å². The fraction of sp³-hybridized carbons (Fsp3) is 0.533. The lowest BCUT2D eigenvalue weighted by atomic mass is 10.00. The molecule has 0 fully saturated rings. The number of carboxylic acid groups (broad SMARTS) is 1. The van der Waals surface area contributed by atoms with Gasteiger partial charge in [-0.25, -0.2) is 0 Å². The molecule has 0 aromatic heterocycles. The largest absolute Gasteiger partial charge is 0.493 e. The molecule has 2 rings (SSSR count). The molecule has 1 N–H and O–H groups in total. The Morgan fingerprint density at radius 2 is 2.21 bits per heavy atom. The first-order chi connectivity index (χ1) is 9.08. The summed E-state index contributed by atoms with van der Waals surface area (Å²) in [6.45, 7) is 6.33. The molecule has 19 heavy (non-hydrogen) atoms. The average Bonchev–Trinajstić information content (AvgIpc) is 2.77. The van der Waals surface area contributed by atoms with E-state index in [9.17, 15) is 4.79 Å². The summed E-state index contributed by atoms with van der Waals surface area (Å²) in [4.78, 5) is 12.9. The number of aliphatic carboxylic acids is 1. The summed E-state index contributed by atoms with van der Waals surface area (Å²) in [5, 5.41) is 8.81. The highest BCUT2D eigenvalue weighted by Crippen LogP contribution is 2.34. The van der Waals surface area contributed by atoms with Crippen molar-refractivity contribution in [3.8, 4) is 5.75 Å². The Morgan fingerprint density at radius 3 is 2.89 bits per heavy atom. The molecule has 104 valence electrons. The number of nitrogens with zero attached hydrogens (tertiary/aromatic N) is 1. The molecule has 1 aromatic rings. The maximum Gasteiger partial charge on any atom is 0.304 e. The molecule has 0 aliphatic carbocycles. The maximum absolute atomic E-state index is 10.7. The summed E-state index contributed by atoms with van der Waals surface area (Å²) in [7, 11) is 0. The van der Waals surface area contributed by atoms with E-state index in [2.05, 4.69) is 24.8 Å². The standard InChI is InChI=1S/C15H21NO3/c1-11(2)16(8-7-15(17)18)9-12-10-19-14-6-4-3-5-13(12)14/h3-6,11-12H,7-10H2,1-2H3,(H,17,18). The number of fused-ring (bicyclic) bond motifs is 1. The second kappa shape index (κ2) is 6.06. The van der Waals surface area contributed by atoms with Crippen molar-refractivity contribution in [1.82, 2.24) is 4.90 Å². The molecule has 0 radical (unpaired) electrons. The minimum atomic E-state index is -0.742. The van der Waals surface area contributed by atoms with Crippen LogP contribution < -0.4 is 4.74 Å². The highest BCUT2D eigenvalue weighted by Gasteiger charge is 2.26. The van der Waals surface area contributed by atoms with Crippen molar-refractivity contribution in [2.75, 3.05) is 19.7 Å². The van der Waals surface area contributed by atoms with Gasteiger partial charge in [-0.3, -0.25) is 9.69 Å². The summed E-state index contributed by atoms with van der Waals surface area (Å²) in [6.07, 6.45) is 0.188. The van der Waals surface area contributed by atoms with Crippen molar-refractivity contribution in [2.24, 2.45) is 0 Å². The molecule has 0 saturated carbocycles. The highest BCUT2D eigenvalue weighted by atomic mass is 16.5. The number of carboxylic acids is 1. The van der Waals surface area contributed by atoms with Crippen LogP contribution in [0.1, 0.15) is 31.7 Å². The molecular weight excluding hydrogens is 242 g/mol. The van der Waals surface area contributed by atoms with Crippen LogP contribution in [0.15, 0.2) is 24.3 Å². The molecule has 0 spiro atoms. The van der Waals surface area contributed by atoms with Crippen molar-refractivity contribution in [3.05, 3.63) is 29.8 Å². The second-order valence-electron chi connectivity index (χ2n) is 5.28. The van der Waals surface area contributed by atoms with E-state index in [1.54, 1.807) is 0 Å². The summed E-state index contributed by atoms with van der Waals surface area (Å²) in [5.74, 6) is 0.565. The van der Waals surface area contributed by atoms with Crippen LogP contribution in [0.2, 0.25) is 0 Å². The van der Waals surface area contributed by atoms with Crippen LogP contribution in [0.5, 0.6) is 5.75 Å². The van der Waals surface area contributed by atoms with Gasteiger partial charge >= 0.3 is 5.97 Å². The van der Waals surface area contributed by atoms with Crippen LogP contribution in [0, 0.1) is 0 Å². The number of benzene rings is 1. The van der Waals surface area contributed by atoms with Gasteiger partial charge < -0.3 is 9.84 Å². The Kier molecular flexibility index (Phi) is 4.43. The fourth-order valence-corrected chi connectivity index (χ4v) is 2.46. The Bertz CT molecular complexity index is 445. The van der Waals surface area contributed by atoms with Gasteiger partial charge in [0.05, 0.1) is 13.0 Å². The molecule has 1 heterocycles. The maximum atomic E-state index is 10.7. The van der Waals surface area contributed by atoms with E-state index in [0.717, 1.165) is 12.3 Å². The summed E-state index contributed by atoms with van der Waals surface area (Å²) in [6, 6.07) is 8.44. The molecule has 4 nitrogen and oxygen atoms in total. The predicted molar refractivity (Wildman–Crippen MR) is 73.6 cm³/mol. The lowest BCUT2D eigenvalue weighted by molar-refractivity contribution is -0.137.